The third-order valence-electron chi connectivity index (χ3n) is 4.56. The van der Waals surface area contributed by atoms with Crippen LogP contribution in [-0.2, 0) is 14.3 Å². The second kappa shape index (κ2) is 10.8. The molecule has 148 valence electrons. The van der Waals surface area contributed by atoms with Crippen LogP contribution in [0.1, 0.15) is 58.4 Å². The van der Waals surface area contributed by atoms with Gasteiger partial charge in [-0.15, -0.1) is 0 Å². The lowest BCUT2D eigenvalue weighted by Crippen LogP contribution is -2.39. The third kappa shape index (κ3) is 7.08. The lowest BCUT2D eigenvalue weighted by Gasteiger charge is -2.27. The highest BCUT2D eigenvalue weighted by Gasteiger charge is 2.25. The molecule has 5 nitrogen and oxygen atoms in total. The Kier molecular flexibility index (Phi) is 8.37. The Hall–Kier alpha value is -2.30. The summed E-state index contributed by atoms with van der Waals surface area (Å²) >= 11 is 0. The first-order valence-electron chi connectivity index (χ1n) is 9.90. The van der Waals surface area contributed by atoms with Gasteiger partial charge in [0.1, 0.15) is 5.75 Å². The molecule has 1 aliphatic carbocycles. The van der Waals surface area contributed by atoms with Gasteiger partial charge in [-0.25, -0.2) is 0 Å². The van der Waals surface area contributed by atoms with Crippen LogP contribution < -0.4 is 4.74 Å². The second-order valence-corrected chi connectivity index (χ2v) is 7.10. The van der Waals surface area contributed by atoms with E-state index in [0.717, 1.165) is 37.0 Å². The second-order valence-electron chi connectivity index (χ2n) is 7.10. The summed E-state index contributed by atoms with van der Waals surface area (Å²) in [6.45, 7) is 6.52. The number of benzene rings is 1. The van der Waals surface area contributed by atoms with E-state index < -0.39 is 0 Å². The molecule has 1 aromatic carbocycles. The van der Waals surface area contributed by atoms with E-state index in [1.54, 1.807) is 13.0 Å². The summed E-state index contributed by atoms with van der Waals surface area (Å²) in [6, 6.07) is 7.89. The number of rotatable bonds is 9. The minimum atomic E-state index is -0.254. The van der Waals surface area contributed by atoms with Crippen LogP contribution in [0.25, 0.3) is 6.08 Å². The predicted molar refractivity (Wildman–Crippen MR) is 106 cm³/mol. The van der Waals surface area contributed by atoms with E-state index in [1.165, 1.54) is 0 Å². The SMILES string of the molecule is CCOC(=O)CCN(C(=O)/C=C/c1cccc(OC(C)C)c1)C1CCCC1. The zero-order valence-corrected chi connectivity index (χ0v) is 16.6. The van der Waals surface area contributed by atoms with Crippen LogP contribution in [0, 0.1) is 0 Å². The first-order valence-corrected chi connectivity index (χ1v) is 9.90. The summed E-state index contributed by atoms with van der Waals surface area (Å²) in [5.41, 5.74) is 0.915. The topological polar surface area (TPSA) is 55.8 Å². The van der Waals surface area contributed by atoms with E-state index in [1.807, 2.05) is 49.1 Å². The molecule has 0 heterocycles. The van der Waals surface area contributed by atoms with Crippen molar-refractivity contribution in [3.05, 3.63) is 35.9 Å². The van der Waals surface area contributed by atoms with Gasteiger partial charge in [0.05, 0.1) is 19.1 Å². The van der Waals surface area contributed by atoms with Crippen molar-refractivity contribution in [3.8, 4) is 5.75 Å². The fraction of sp³-hybridized carbons (Fsp3) is 0.545. The molecule has 1 amide bonds. The molecule has 0 aliphatic heterocycles. The lowest BCUT2D eigenvalue weighted by atomic mass is 10.1. The number of carbonyl (C=O) groups is 2. The predicted octanol–water partition coefficient (Wildman–Crippen LogP) is 4.21. The molecule has 0 radical (unpaired) electrons. The molecule has 27 heavy (non-hydrogen) atoms. The van der Waals surface area contributed by atoms with Gasteiger partial charge in [0.15, 0.2) is 0 Å². The van der Waals surface area contributed by atoms with Crippen LogP contribution in [0.2, 0.25) is 0 Å². The van der Waals surface area contributed by atoms with E-state index in [4.69, 9.17) is 9.47 Å². The molecule has 1 aromatic rings. The largest absolute Gasteiger partial charge is 0.491 e. The van der Waals surface area contributed by atoms with Crippen molar-refractivity contribution < 1.29 is 19.1 Å². The van der Waals surface area contributed by atoms with Gasteiger partial charge in [-0.1, -0.05) is 25.0 Å². The first kappa shape index (κ1) is 21.0. The van der Waals surface area contributed by atoms with Gasteiger partial charge in [-0.05, 0) is 57.4 Å². The van der Waals surface area contributed by atoms with Gasteiger partial charge in [0, 0.05) is 18.7 Å². The van der Waals surface area contributed by atoms with Gasteiger partial charge >= 0.3 is 5.97 Å². The standard InChI is InChI=1S/C22H31NO4/c1-4-26-22(25)14-15-23(19-9-5-6-10-19)21(24)13-12-18-8-7-11-20(16-18)27-17(2)3/h7-8,11-13,16-17,19H,4-6,9-10,14-15H2,1-3H3/b13-12+. The van der Waals surface area contributed by atoms with E-state index in [2.05, 4.69) is 0 Å². The van der Waals surface area contributed by atoms with Crippen LogP contribution in [0.4, 0.5) is 0 Å². The highest BCUT2D eigenvalue weighted by atomic mass is 16.5. The van der Waals surface area contributed by atoms with Crippen molar-refractivity contribution in [2.45, 2.75) is 65.0 Å². The molecular weight excluding hydrogens is 342 g/mol. The highest BCUT2D eigenvalue weighted by molar-refractivity contribution is 5.92. The zero-order chi connectivity index (χ0) is 19.6. The van der Waals surface area contributed by atoms with Crippen LogP contribution in [0.5, 0.6) is 5.75 Å². The Morgan fingerprint density at radius 1 is 1.26 bits per heavy atom. The zero-order valence-electron chi connectivity index (χ0n) is 16.6. The molecule has 0 saturated heterocycles. The third-order valence-corrected chi connectivity index (χ3v) is 4.56. The van der Waals surface area contributed by atoms with Crippen LogP contribution in [0.3, 0.4) is 0 Å². The van der Waals surface area contributed by atoms with E-state index >= 15 is 0 Å². The molecule has 1 saturated carbocycles. The average Bonchev–Trinajstić information content (AvgIpc) is 3.14. The molecule has 1 fully saturated rings. The van der Waals surface area contributed by atoms with Crippen molar-refractivity contribution in [2.24, 2.45) is 0 Å². The molecular formula is C22H31NO4. The Labute approximate surface area is 162 Å². The van der Waals surface area contributed by atoms with Crippen LogP contribution in [0.15, 0.2) is 30.3 Å². The number of hydrogen-bond donors (Lipinski definition) is 0. The molecule has 0 atom stereocenters. The summed E-state index contributed by atoms with van der Waals surface area (Å²) in [5.74, 6) is 0.478. The van der Waals surface area contributed by atoms with Crippen molar-refractivity contribution in [2.75, 3.05) is 13.2 Å². The van der Waals surface area contributed by atoms with Crippen molar-refractivity contribution in [3.63, 3.8) is 0 Å². The quantitative estimate of drug-likeness (QED) is 0.481. The minimum absolute atomic E-state index is 0.0543. The molecule has 0 unspecified atom stereocenters. The van der Waals surface area contributed by atoms with E-state index in [-0.39, 0.29) is 30.4 Å². The Balaban J connectivity index is 2.03. The summed E-state index contributed by atoms with van der Waals surface area (Å²) in [7, 11) is 0. The number of nitrogens with zero attached hydrogens (tertiary/aromatic N) is 1. The van der Waals surface area contributed by atoms with Crippen molar-refractivity contribution >= 4 is 18.0 Å². The van der Waals surface area contributed by atoms with E-state index in [0.29, 0.717) is 13.2 Å². The van der Waals surface area contributed by atoms with E-state index in [9.17, 15) is 9.59 Å². The highest BCUT2D eigenvalue weighted by Crippen LogP contribution is 2.24. The number of carbonyl (C=O) groups excluding carboxylic acids is 2. The average molecular weight is 373 g/mol. The summed E-state index contributed by atoms with van der Waals surface area (Å²) in [4.78, 5) is 26.3. The minimum Gasteiger partial charge on any atom is -0.491 e. The van der Waals surface area contributed by atoms with Crippen molar-refractivity contribution in [1.82, 2.24) is 4.90 Å². The van der Waals surface area contributed by atoms with Crippen LogP contribution in [-0.4, -0.2) is 42.1 Å². The first-order chi connectivity index (χ1) is 13.0. The maximum atomic E-state index is 12.8. The van der Waals surface area contributed by atoms with Gasteiger partial charge in [-0.3, -0.25) is 9.59 Å². The molecule has 0 spiro atoms. The fourth-order valence-electron chi connectivity index (χ4n) is 3.36. The van der Waals surface area contributed by atoms with Gasteiger partial charge in [0.25, 0.3) is 0 Å². The van der Waals surface area contributed by atoms with Gasteiger partial charge in [-0.2, -0.15) is 0 Å². The van der Waals surface area contributed by atoms with Gasteiger partial charge in [0.2, 0.25) is 5.91 Å². The Morgan fingerprint density at radius 3 is 2.67 bits per heavy atom. The molecule has 0 bridgehead atoms. The molecule has 2 rings (SSSR count). The summed E-state index contributed by atoms with van der Waals surface area (Å²) in [5, 5.41) is 0. The fourth-order valence-corrected chi connectivity index (χ4v) is 3.36. The molecule has 0 N–H and O–H groups in total. The lowest BCUT2D eigenvalue weighted by molar-refractivity contribution is -0.144. The Morgan fingerprint density at radius 2 is 2.00 bits per heavy atom. The van der Waals surface area contributed by atoms with Crippen LogP contribution >= 0.6 is 0 Å². The number of hydrogen-bond acceptors (Lipinski definition) is 4. The molecule has 5 heteroatoms. The van der Waals surface area contributed by atoms with Crippen molar-refractivity contribution in [1.29, 1.82) is 0 Å². The Bertz CT molecular complexity index is 647. The number of ether oxygens (including phenoxy) is 2. The monoisotopic (exact) mass is 373 g/mol. The maximum Gasteiger partial charge on any atom is 0.307 e. The molecule has 0 aromatic heterocycles. The van der Waals surface area contributed by atoms with Gasteiger partial charge < -0.3 is 14.4 Å². The maximum absolute atomic E-state index is 12.8. The smallest absolute Gasteiger partial charge is 0.307 e. The number of amides is 1. The summed E-state index contributed by atoms with van der Waals surface area (Å²) in [6.07, 6.45) is 8.01. The number of esters is 1. The normalized spacial score (nSPS) is 14.7. The molecule has 1 aliphatic rings. The summed E-state index contributed by atoms with van der Waals surface area (Å²) < 4.78 is 10.7.